The van der Waals surface area contributed by atoms with Gasteiger partial charge in [0.1, 0.15) is 5.75 Å². The second-order valence-electron chi connectivity index (χ2n) is 7.59. The normalized spacial score (nSPS) is 16.0. The van der Waals surface area contributed by atoms with Crippen LogP contribution < -0.4 is 15.4 Å². The van der Waals surface area contributed by atoms with Crippen molar-refractivity contribution in [3.63, 3.8) is 0 Å². The highest BCUT2D eigenvalue weighted by molar-refractivity contribution is 6.16. The van der Waals surface area contributed by atoms with Crippen LogP contribution in [0.2, 0.25) is 0 Å². The third-order valence-corrected chi connectivity index (χ3v) is 5.01. The van der Waals surface area contributed by atoms with Gasteiger partial charge >= 0.3 is 6.03 Å². The fourth-order valence-electron chi connectivity index (χ4n) is 3.70. The monoisotopic (exact) mass is 412 g/mol. The van der Waals surface area contributed by atoms with E-state index in [0.29, 0.717) is 22.6 Å². The summed E-state index contributed by atoms with van der Waals surface area (Å²) in [6.45, 7) is 3.89. The molecule has 1 aliphatic rings. The molecule has 0 aliphatic carbocycles. The topological polar surface area (TPSA) is 67.4 Å². The van der Waals surface area contributed by atoms with Crippen molar-refractivity contribution in [3.05, 3.63) is 107 Å². The van der Waals surface area contributed by atoms with E-state index in [2.05, 4.69) is 10.6 Å². The van der Waals surface area contributed by atoms with E-state index in [1.54, 1.807) is 12.1 Å². The van der Waals surface area contributed by atoms with Gasteiger partial charge in [0.15, 0.2) is 5.78 Å². The molecule has 1 heterocycles. The lowest BCUT2D eigenvalue weighted by molar-refractivity contribution is 0.102. The second kappa shape index (κ2) is 8.88. The number of carbonyl (C=O) groups excluding carboxylic acids is 2. The Morgan fingerprint density at radius 2 is 1.48 bits per heavy atom. The molecule has 2 N–H and O–H groups in total. The molecule has 3 aromatic rings. The SMILES string of the molecule is CC(C)Oc1ccccc1[C@H]1NC(=O)NC(c2ccccc2)=C1C(=O)c1ccccc1. The van der Waals surface area contributed by atoms with Crippen molar-refractivity contribution in [2.75, 3.05) is 0 Å². The number of amides is 2. The van der Waals surface area contributed by atoms with Crippen LogP contribution in [0.25, 0.3) is 5.70 Å². The van der Waals surface area contributed by atoms with E-state index >= 15 is 0 Å². The maximum Gasteiger partial charge on any atom is 0.320 e. The molecule has 0 aromatic heterocycles. The Morgan fingerprint density at radius 3 is 2.16 bits per heavy atom. The van der Waals surface area contributed by atoms with Gasteiger partial charge < -0.3 is 15.4 Å². The van der Waals surface area contributed by atoms with Crippen molar-refractivity contribution in [1.82, 2.24) is 10.6 Å². The first-order chi connectivity index (χ1) is 15.0. The van der Waals surface area contributed by atoms with Crippen LogP contribution in [0.4, 0.5) is 4.79 Å². The van der Waals surface area contributed by atoms with Gasteiger partial charge in [-0.25, -0.2) is 4.79 Å². The minimum absolute atomic E-state index is 0.0515. The number of hydrogen-bond acceptors (Lipinski definition) is 3. The molecule has 31 heavy (non-hydrogen) atoms. The molecule has 1 aliphatic heterocycles. The van der Waals surface area contributed by atoms with Gasteiger partial charge in [-0.3, -0.25) is 4.79 Å². The van der Waals surface area contributed by atoms with Crippen LogP contribution in [0.3, 0.4) is 0 Å². The first-order valence-corrected chi connectivity index (χ1v) is 10.3. The number of Topliss-reactive ketones (excluding diaryl/α,β-unsaturated/α-hetero) is 1. The Bertz CT molecular complexity index is 1120. The summed E-state index contributed by atoms with van der Waals surface area (Å²) in [5.74, 6) is 0.478. The van der Waals surface area contributed by atoms with Gasteiger partial charge in [-0.05, 0) is 25.5 Å². The first-order valence-electron chi connectivity index (χ1n) is 10.3. The van der Waals surface area contributed by atoms with Crippen LogP contribution in [-0.2, 0) is 0 Å². The van der Waals surface area contributed by atoms with E-state index < -0.39 is 6.04 Å². The number of ether oxygens (including phenoxy) is 1. The maximum atomic E-state index is 13.7. The molecule has 5 nitrogen and oxygen atoms in total. The van der Waals surface area contributed by atoms with Gasteiger partial charge in [0.25, 0.3) is 0 Å². The summed E-state index contributed by atoms with van der Waals surface area (Å²) in [7, 11) is 0. The fourth-order valence-corrected chi connectivity index (χ4v) is 3.70. The zero-order valence-corrected chi connectivity index (χ0v) is 17.5. The number of urea groups is 1. The quantitative estimate of drug-likeness (QED) is 0.552. The number of ketones is 1. The third kappa shape index (κ3) is 4.36. The molecule has 0 radical (unpaired) electrons. The zero-order valence-electron chi connectivity index (χ0n) is 17.5. The number of benzene rings is 3. The van der Waals surface area contributed by atoms with E-state index in [1.165, 1.54) is 0 Å². The molecule has 156 valence electrons. The summed E-state index contributed by atoms with van der Waals surface area (Å²) in [5, 5.41) is 5.80. The molecule has 5 heteroatoms. The van der Waals surface area contributed by atoms with Gasteiger partial charge in [0.2, 0.25) is 0 Å². The van der Waals surface area contributed by atoms with Gasteiger partial charge in [-0.15, -0.1) is 0 Å². The first kappa shape index (κ1) is 20.4. The average molecular weight is 412 g/mol. The van der Waals surface area contributed by atoms with Gasteiger partial charge in [0.05, 0.1) is 23.4 Å². The van der Waals surface area contributed by atoms with Crippen LogP contribution in [0.5, 0.6) is 5.75 Å². The van der Waals surface area contributed by atoms with E-state index in [9.17, 15) is 9.59 Å². The number of nitrogens with one attached hydrogen (secondary N) is 2. The molecule has 0 fully saturated rings. The predicted octanol–water partition coefficient (Wildman–Crippen LogP) is 5.12. The molecule has 0 saturated heterocycles. The van der Waals surface area contributed by atoms with E-state index in [1.807, 2.05) is 86.6 Å². The minimum Gasteiger partial charge on any atom is -0.491 e. The smallest absolute Gasteiger partial charge is 0.320 e. The Balaban J connectivity index is 1.93. The lowest BCUT2D eigenvalue weighted by atomic mass is 9.87. The van der Waals surface area contributed by atoms with Crippen molar-refractivity contribution in [3.8, 4) is 5.75 Å². The number of carbonyl (C=O) groups is 2. The zero-order chi connectivity index (χ0) is 21.8. The predicted molar refractivity (Wildman–Crippen MR) is 121 cm³/mol. The van der Waals surface area contributed by atoms with E-state index in [0.717, 1.165) is 11.1 Å². The largest absolute Gasteiger partial charge is 0.491 e. The average Bonchev–Trinajstić information content (AvgIpc) is 2.79. The highest BCUT2D eigenvalue weighted by Gasteiger charge is 2.35. The molecule has 3 aromatic carbocycles. The van der Waals surface area contributed by atoms with Gasteiger partial charge in [-0.1, -0.05) is 78.9 Å². The summed E-state index contributed by atoms with van der Waals surface area (Å²) in [4.78, 5) is 26.4. The summed E-state index contributed by atoms with van der Waals surface area (Å²) in [5.41, 5.74) is 3.03. The van der Waals surface area contributed by atoms with Crippen LogP contribution in [0, 0.1) is 0 Å². The molecule has 0 unspecified atom stereocenters. The van der Waals surface area contributed by atoms with Crippen LogP contribution in [-0.4, -0.2) is 17.9 Å². The van der Waals surface area contributed by atoms with Gasteiger partial charge in [0, 0.05) is 11.1 Å². The highest BCUT2D eigenvalue weighted by Crippen LogP contribution is 2.37. The molecule has 0 saturated carbocycles. The van der Waals surface area contributed by atoms with Crippen molar-refractivity contribution in [1.29, 1.82) is 0 Å². The Labute approximate surface area is 181 Å². The lowest BCUT2D eigenvalue weighted by Gasteiger charge is -2.31. The molecule has 1 atom stereocenters. The molecular weight excluding hydrogens is 388 g/mol. The fraction of sp³-hybridized carbons (Fsp3) is 0.154. The summed E-state index contributed by atoms with van der Waals surface area (Å²) in [6, 6.07) is 25.0. The second-order valence-corrected chi connectivity index (χ2v) is 7.59. The van der Waals surface area contributed by atoms with Crippen molar-refractivity contribution >= 4 is 17.5 Å². The van der Waals surface area contributed by atoms with Crippen molar-refractivity contribution in [2.24, 2.45) is 0 Å². The summed E-state index contributed by atoms with van der Waals surface area (Å²) < 4.78 is 6.00. The number of rotatable bonds is 6. The van der Waals surface area contributed by atoms with E-state index in [-0.39, 0.29) is 17.9 Å². The molecule has 0 bridgehead atoms. The molecule has 0 spiro atoms. The molecule has 2 amide bonds. The number of hydrogen-bond donors (Lipinski definition) is 2. The highest BCUT2D eigenvalue weighted by atomic mass is 16.5. The standard InChI is InChI=1S/C26H24N2O3/c1-17(2)31-21-16-10-9-15-20(21)24-22(25(29)19-13-7-4-8-14-19)23(27-26(30)28-24)18-11-5-3-6-12-18/h3-17,24H,1-2H3,(H2,27,28,30)/t24-/m1/s1. The number of para-hydroxylation sites is 1. The Hall–Kier alpha value is -3.86. The van der Waals surface area contributed by atoms with Crippen LogP contribution >= 0.6 is 0 Å². The Kier molecular flexibility index (Phi) is 5.85. The molecule has 4 rings (SSSR count). The van der Waals surface area contributed by atoms with Crippen molar-refractivity contribution in [2.45, 2.75) is 26.0 Å². The summed E-state index contributed by atoms with van der Waals surface area (Å²) in [6.07, 6.45) is -0.0515. The van der Waals surface area contributed by atoms with Crippen LogP contribution in [0.1, 0.15) is 41.4 Å². The van der Waals surface area contributed by atoms with Crippen molar-refractivity contribution < 1.29 is 14.3 Å². The third-order valence-electron chi connectivity index (χ3n) is 5.01. The molecular formula is C26H24N2O3. The lowest BCUT2D eigenvalue weighted by Crippen LogP contribution is -2.45. The van der Waals surface area contributed by atoms with E-state index in [4.69, 9.17) is 4.74 Å². The Morgan fingerprint density at radius 1 is 0.871 bits per heavy atom. The minimum atomic E-state index is -0.661. The maximum absolute atomic E-state index is 13.7. The van der Waals surface area contributed by atoms with Gasteiger partial charge in [-0.2, -0.15) is 0 Å². The van der Waals surface area contributed by atoms with Crippen LogP contribution in [0.15, 0.2) is 90.5 Å². The summed E-state index contributed by atoms with van der Waals surface area (Å²) >= 11 is 0.